The van der Waals surface area contributed by atoms with E-state index in [-0.39, 0.29) is 27.1 Å². The van der Waals surface area contributed by atoms with Crippen molar-refractivity contribution in [3.05, 3.63) is 74.4 Å². The Hall–Kier alpha value is -3.06. The summed E-state index contributed by atoms with van der Waals surface area (Å²) in [6.45, 7) is 3.70. The second kappa shape index (κ2) is 9.83. The van der Waals surface area contributed by atoms with Crippen molar-refractivity contribution in [1.82, 2.24) is 5.32 Å². The lowest BCUT2D eigenvalue weighted by Gasteiger charge is -2.16. The van der Waals surface area contributed by atoms with Gasteiger partial charge in [-0.2, -0.15) is 0 Å². The zero-order chi connectivity index (χ0) is 23.5. The highest BCUT2D eigenvalue weighted by Crippen LogP contribution is 2.43. The third kappa shape index (κ3) is 4.83. The van der Waals surface area contributed by atoms with Crippen LogP contribution in [0.2, 0.25) is 10.0 Å². The summed E-state index contributed by atoms with van der Waals surface area (Å²) in [4.78, 5) is 24.5. The minimum atomic E-state index is -0.368. The summed E-state index contributed by atoms with van der Waals surface area (Å²) in [6.07, 6.45) is 0.735. The van der Waals surface area contributed by atoms with Gasteiger partial charge in [-0.05, 0) is 43.2 Å². The Kier molecular flexibility index (Phi) is 6.88. The molecule has 0 spiro atoms. The molecule has 33 heavy (non-hydrogen) atoms. The molecule has 170 valence electrons. The maximum absolute atomic E-state index is 12.4. The number of halogens is 2. The summed E-state index contributed by atoms with van der Waals surface area (Å²) in [6, 6.07) is 12.9. The molecule has 1 amide bonds. The molecule has 1 aliphatic carbocycles. The SMILES string of the molecule is CCOCCCNC(=O)c1ccc(-c2c3cc(Cl)c(=O)cc-3oc3cc(O)c(Cl)cc23)cc1. The number of amides is 1. The van der Waals surface area contributed by atoms with Gasteiger partial charge in [-0.15, -0.1) is 0 Å². The van der Waals surface area contributed by atoms with Crippen molar-refractivity contribution in [1.29, 1.82) is 0 Å². The second-order valence-electron chi connectivity index (χ2n) is 7.44. The molecule has 0 aromatic heterocycles. The van der Waals surface area contributed by atoms with Crippen LogP contribution < -0.4 is 10.7 Å². The first-order chi connectivity index (χ1) is 15.9. The van der Waals surface area contributed by atoms with Crippen LogP contribution in [0.4, 0.5) is 0 Å². The van der Waals surface area contributed by atoms with Gasteiger partial charge in [0.05, 0.1) is 10.0 Å². The van der Waals surface area contributed by atoms with Crippen molar-refractivity contribution in [2.45, 2.75) is 13.3 Å². The quantitative estimate of drug-likeness (QED) is 0.257. The van der Waals surface area contributed by atoms with E-state index in [4.69, 9.17) is 32.4 Å². The maximum atomic E-state index is 12.4. The number of phenols is 1. The molecule has 0 saturated carbocycles. The lowest BCUT2D eigenvalue weighted by molar-refractivity contribution is 0.0944. The van der Waals surface area contributed by atoms with Crippen molar-refractivity contribution in [3.8, 4) is 28.2 Å². The van der Waals surface area contributed by atoms with E-state index in [1.807, 2.05) is 19.1 Å². The smallest absolute Gasteiger partial charge is 0.251 e. The molecule has 0 fully saturated rings. The fourth-order valence-corrected chi connectivity index (χ4v) is 3.95. The monoisotopic (exact) mass is 485 g/mol. The van der Waals surface area contributed by atoms with Crippen LogP contribution in [0.3, 0.4) is 0 Å². The first kappa shape index (κ1) is 23.1. The number of hydrogen-bond acceptors (Lipinski definition) is 5. The van der Waals surface area contributed by atoms with Crippen molar-refractivity contribution in [2.75, 3.05) is 19.8 Å². The number of rotatable bonds is 7. The number of ether oxygens (including phenoxy) is 1. The van der Waals surface area contributed by atoms with E-state index in [1.54, 1.807) is 24.3 Å². The minimum absolute atomic E-state index is 0.0613. The van der Waals surface area contributed by atoms with Crippen LogP contribution in [0, 0.1) is 0 Å². The molecule has 0 radical (unpaired) electrons. The molecule has 2 aromatic rings. The normalized spacial score (nSPS) is 11.2. The van der Waals surface area contributed by atoms with Gasteiger partial charge in [-0.1, -0.05) is 35.3 Å². The van der Waals surface area contributed by atoms with Gasteiger partial charge in [0.25, 0.3) is 5.91 Å². The Morgan fingerprint density at radius 1 is 1.09 bits per heavy atom. The van der Waals surface area contributed by atoms with Gasteiger partial charge in [-0.3, -0.25) is 9.59 Å². The first-order valence-electron chi connectivity index (χ1n) is 10.4. The molecule has 2 aliphatic rings. The topological polar surface area (TPSA) is 88.8 Å². The molecule has 1 aliphatic heterocycles. The Morgan fingerprint density at radius 2 is 1.85 bits per heavy atom. The van der Waals surface area contributed by atoms with E-state index in [1.165, 1.54) is 12.1 Å². The fourth-order valence-electron chi connectivity index (χ4n) is 3.62. The highest BCUT2D eigenvalue weighted by Gasteiger charge is 2.20. The summed E-state index contributed by atoms with van der Waals surface area (Å²) in [5.41, 5.74) is 2.61. The molecule has 0 atom stereocenters. The third-order valence-electron chi connectivity index (χ3n) is 5.23. The Bertz CT molecular complexity index is 1350. The van der Waals surface area contributed by atoms with Gasteiger partial charge in [0.2, 0.25) is 5.43 Å². The molecule has 2 N–H and O–H groups in total. The Labute approximate surface area is 200 Å². The van der Waals surface area contributed by atoms with Crippen LogP contribution in [0.25, 0.3) is 33.4 Å². The van der Waals surface area contributed by atoms with Gasteiger partial charge in [0.1, 0.15) is 17.1 Å². The van der Waals surface area contributed by atoms with Gasteiger partial charge in [0.15, 0.2) is 0 Å². The molecule has 2 aromatic carbocycles. The lowest BCUT2D eigenvalue weighted by atomic mass is 9.93. The van der Waals surface area contributed by atoms with Crippen LogP contribution in [-0.2, 0) is 4.74 Å². The van der Waals surface area contributed by atoms with Crippen LogP contribution in [0.15, 0.2) is 57.7 Å². The predicted octanol–water partition coefficient (Wildman–Crippen LogP) is 5.73. The molecule has 0 saturated heterocycles. The standard InChI is InChI=1S/C25H21Cl2NO5/c1-2-32-9-3-8-28-25(31)15-6-4-14(5-7-15)24-16-10-18(26)20(29)12-22(16)33-23-13-21(30)19(27)11-17(23)24/h4-7,10-13,29H,2-3,8-9H2,1H3,(H,28,31). The summed E-state index contributed by atoms with van der Waals surface area (Å²) < 4.78 is 11.1. The lowest BCUT2D eigenvalue weighted by Crippen LogP contribution is -2.25. The zero-order valence-electron chi connectivity index (χ0n) is 17.8. The van der Waals surface area contributed by atoms with Crippen LogP contribution in [-0.4, -0.2) is 30.8 Å². The largest absolute Gasteiger partial charge is 0.506 e. The number of phenolic OH excluding ortho intramolecular Hbond substituents is 1. The molecule has 1 heterocycles. The average Bonchev–Trinajstić information content (AvgIpc) is 2.80. The average molecular weight is 486 g/mol. The van der Waals surface area contributed by atoms with Crippen LogP contribution in [0.5, 0.6) is 5.75 Å². The van der Waals surface area contributed by atoms with Gasteiger partial charge in [-0.25, -0.2) is 0 Å². The summed E-state index contributed by atoms with van der Waals surface area (Å²) in [7, 11) is 0. The molecular weight excluding hydrogens is 465 g/mol. The summed E-state index contributed by atoms with van der Waals surface area (Å²) >= 11 is 12.3. The van der Waals surface area contributed by atoms with Crippen molar-refractivity contribution in [2.24, 2.45) is 0 Å². The van der Waals surface area contributed by atoms with E-state index < -0.39 is 0 Å². The maximum Gasteiger partial charge on any atom is 0.251 e. The molecule has 6 nitrogen and oxygen atoms in total. The number of fused-ring (bicyclic) bond motifs is 2. The van der Waals surface area contributed by atoms with Crippen LogP contribution in [0.1, 0.15) is 23.7 Å². The third-order valence-corrected chi connectivity index (χ3v) is 5.83. The van der Waals surface area contributed by atoms with Crippen molar-refractivity contribution >= 4 is 40.1 Å². The van der Waals surface area contributed by atoms with E-state index in [0.717, 1.165) is 17.5 Å². The second-order valence-corrected chi connectivity index (χ2v) is 8.25. The van der Waals surface area contributed by atoms with Gasteiger partial charge >= 0.3 is 0 Å². The highest BCUT2D eigenvalue weighted by atomic mass is 35.5. The molecule has 0 bridgehead atoms. The van der Waals surface area contributed by atoms with E-state index >= 15 is 0 Å². The Balaban J connectivity index is 1.75. The number of carbonyl (C=O) groups excluding carboxylic acids is 1. The molecule has 8 heteroatoms. The van der Waals surface area contributed by atoms with Gasteiger partial charge in [0, 0.05) is 54.0 Å². The number of carbonyl (C=O) groups is 1. The van der Waals surface area contributed by atoms with E-state index in [9.17, 15) is 14.7 Å². The van der Waals surface area contributed by atoms with E-state index in [0.29, 0.717) is 47.6 Å². The van der Waals surface area contributed by atoms with Gasteiger partial charge < -0.3 is 19.6 Å². The van der Waals surface area contributed by atoms with Crippen LogP contribution >= 0.6 is 23.2 Å². The Morgan fingerprint density at radius 3 is 2.58 bits per heavy atom. The molecular formula is C25H21Cl2NO5. The van der Waals surface area contributed by atoms with Crippen molar-refractivity contribution < 1.29 is 19.1 Å². The fraction of sp³-hybridized carbons (Fsp3) is 0.200. The number of benzene rings is 3. The number of nitrogens with one attached hydrogen (secondary N) is 1. The zero-order valence-corrected chi connectivity index (χ0v) is 19.3. The number of hydrogen-bond donors (Lipinski definition) is 2. The molecule has 0 unspecified atom stereocenters. The molecule has 4 rings (SSSR count). The first-order valence-corrected chi connectivity index (χ1v) is 11.2. The summed E-state index contributed by atoms with van der Waals surface area (Å²) in [5.74, 6) is 0.0125. The van der Waals surface area contributed by atoms with E-state index in [2.05, 4.69) is 5.32 Å². The summed E-state index contributed by atoms with van der Waals surface area (Å²) in [5, 5.41) is 13.8. The minimum Gasteiger partial charge on any atom is -0.506 e. The highest BCUT2D eigenvalue weighted by molar-refractivity contribution is 6.33. The predicted molar refractivity (Wildman–Crippen MR) is 130 cm³/mol. The van der Waals surface area contributed by atoms with Crippen molar-refractivity contribution in [3.63, 3.8) is 0 Å². The number of aromatic hydroxyl groups is 1.